The number of sulfonamides is 1. The molecule has 2 N–H and O–H groups in total. The highest BCUT2D eigenvalue weighted by atomic mass is 32.2. The Bertz CT molecular complexity index is 556. The van der Waals surface area contributed by atoms with E-state index >= 15 is 0 Å². The minimum absolute atomic E-state index is 0.0942. The Morgan fingerprint density at radius 3 is 2.33 bits per heavy atom. The van der Waals surface area contributed by atoms with Gasteiger partial charge in [0.2, 0.25) is 15.9 Å². The second-order valence-electron chi connectivity index (χ2n) is 3.17. The Hall–Kier alpha value is -1.55. The number of rotatable bonds is 3. The third-order valence-corrected chi connectivity index (χ3v) is 2.73. The molecule has 1 aromatic rings. The van der Waals surface area contributed by atoms with Gasteiger partial charge in [-0.25, -0.2) is 18.5 Å². The minimum Gasteiger partial charge on any atom is -0.493 e. The minimum atomic E-state index is -4.98. The van der Waals surface area contributed by atoms with Crippen LogP contribution in [0, 0.1) is 6.92 Å². The summed E-state index contributed by atoms with van der Waals surface area (Å²) in [5.74, 6) is -1.16. The SMILES string of the molecule is COc1c(S(N)(=O)=O)cc(OC(F)(F)F)nc1C. The molecule has 1 heterocycles. The van der Waals surface area contributed by atoms with E-state index in [9.17, 15) is 21.6 Å². The number of hydrogen-bond acceptors (Lipinski definition) is 5. The number of alkyl halides is 3. The molecule has 102 valence electrons. The van der Waals surface area contributed by atoms with Gasteiger partial charge in [0.25, 0.3) is 0 Å². The molecule has 6 nitrogen and oxygen atoms in total. The van der Waals surface area contributed by atoms with Gasteiger partial charge in [-0.05, 0) is 6.92 Å². The van der Waals surface area contributed by atoms with E-state index in [2.05, 4.69) is 9.72 Å². The van der Waals surface area contributed by atoms with Gasteiger partial charge in [-0.3, -0.25) is 0 Å². The summed E-state index contributed by atoms with van der Waals surface area (Å²) in [5.41, 5.74) is -0.0942. The zero-order valence-corrected chi connectivity index (χ0v) is 10.1. The first-order chi connectivity index (χ1) is 8.04. The molecular weight excluding hydrogens is 277 g/mol. The zero-order valence-electron chi connectivity index (χ0n) is 9.28. The molecule has 0 spiro atoms. The number of nitrogens with zero attached hydrogens (tertiary/aromatic N) is 1. The maximum Gasteiger partial charge on any atom is 0.574 e. The first-order valence-electron chi connectivity index (χ1n) is 4.39. The van der Waals surface area contributed by atoms with Gasteiger partial charge in [-0.15, -0.1) is 13.2 Å². The summed E-state index contributed by atoms with van der Waals surface area (Å²) in [5, 5.41) is 4.86. The van der Waals surface area contributed by atoms with Crippen LogP contribution in [0.15, 0.2) is 11.0 Å². The standard InChI is InChI=1S/C8H9F3N2O4S/c1-4-7(16-2)5(18(12,14)15)3-6(13-4)17-8(9,10)11/h3H,1-2H3,(H2,12,14,15). The van der Waals surface area contributed by atoms with Gasteiger partial charge in [-0.2, -0.15) is 0 Å². The van der Waals surface area contributed by atoms with Crippen molar-refractivity contribution in [3.8, 4) is 11.6 Å². The van der Waals surface area contributed by atoms with Crippen molar-refractivity contribution in [1.29, 1.82) is 0 Å². The van der Waals surface area contributed by atoms with Crippen molar-refractivity contribution in [3.63, 3.8) is 0 Å². The Morgan fingerprint density at radius 1 is 1.39 bits per heavy atom. The summed E-state index contributed by atoms with van der Waals surface area (Å²) < 4.78 is 66.7. The molecular formula is C8H9F3N2O4S. The van der Waals surface area contributed by atoms with E-state index < -0.39 is 27.2 Å². The summed E-state index contributed by atoms with van der Waals surface area (Å²) >= 11 is 0. The Kier molecular flexibility index (Phi) is 3.72. The van der Waals surface area contributed by atoms with Crippen LogP contribution in [0.1, 0.15) is 5.69 Å². The lowest BCUT2D eigenvalue weighted by Gasteiger charge is -2.13. The number of aryl methyl sites for hydroxylation is 1. The molecule has 0 unspecified atom stereocenters. The number of pyridine rings is 1. The average Bonchev–Trinajstić information content (AvgIpc) is 2.12. The lowest BCUT2D eigenvalue weighted by molar-refractivity contribution is -0.276. The van der Waals surface area contributed by atoms with Crippen LogP contribution >= 0.6 is 0 Å². The molecule has 10 heteroatoms. The van der Waals surface area contributed by atoms with Crippen LogP contribution in [0.4, 0.5) is 13.2 Å². The Morgan fingerprint density at radius 2 is 1.94 bits per heavy atom. The van der Waals surface area contributed by atoms with Crippen molar-refractivity contribution >= 4 is 10.0 Å². The zero-order chi connectivity index (χ0) is 14.1. The van der Waals surface area contributed by atoms with E-state index in [0.29, 0.717) is 6.07 Å². The van der Waals surface area contributed by atoms with Crippen molar-refractivity contribution in [2.75, 3.05) is 7.11 Å². The Labute approximate surface area is 101 Å². The largest absolute Gasteiger partial charge is 0.574 e. The fourth-order valence-corrected chi connectivity index (χ4v) is 1.99. The highest BCUT2D eigenvalue weighted by molar-refractivity contribution is 7.89. The molecule has 1 aromatic heterocycles. The van der Waals surface area contributed by atoms with E-state index in [1.165, 1.54) is 6.92 Å². The van der Waals surface area contributed by atoms with Crippen molar-refractivity contribution < 1.29 is 31.1 Å². The molecule has 0 fully saturated rings. The van der Waals surface area contributed by atoms with Gasteiger partial charge in [0.1, 0.15) is 4.90 Å². The molecule has 0 saturated heterocycles. The van der Waals surface area contributed by atoms with E-state index in [-0.39, 0.29) is 11.4 Å². The molecule has 0 atom stereocenters. The number of methoxy groups -OCH3 is 1. The van der Waals surface area contributed by atoms with Crippen molar-refractivity contribution in [1.82, 2.24) is 4.98 Å². The molecule has 0 amide bonds. The van der Waals surface area contributed by atoms with Crippen molar-refractivity contribution in [2.45, 2.75) is 18.2 Å². The van der Waals surface area contributed by atoms with Gasteiger partial charge < -0.3 is 9.47 Å². The van der Waals surface area contributed by atoms with Crippen molar-refractivity contribution in [3.05, 3.63) is 11.8 Å². The molecule has 0 aliphatic rings. The number of ether oxygens (including phenoxy) is 2. The summed E-state index contributed by atoms with van der Waals surface area (Å²) in [6, 6.07) is 0.550. The maximum atomic E-state index is 12.0. The van der Waals surface area contributed by atoms with Crippen molar-refractivity contribution in [2.24, 2.45) is 5.14 Å². The lowest BCUT2D eigenvalue weighted by atomic mass is 10.3. The maximum absolute atomic E-state index is 12.0. The molecule has 0 aliphatic carbocycles. The van der Waals surface area contributed by atoms with Crippen LogP contribution in [-0.4, -0.2) is 26.9 Å². The normalized spacial score (nSPS) is 12.3. The monoisotopic (exact) mass is 286 g/mol. The summed E-state index contributed by atoms with van der Waals surface area (Å²) in [6.45, 7) is 1.26. The molecule has 1 rings (SSSR count). The second-order valence-corrected chi connectivity index (χ2v) is 4.70. The lowest BCUT2D eigenvalue weighted by Crippen LogP contribution is -2.20. The number of primary sulfonamides is 1. The van der Waals surface area contributed by atoms with E-state index in [0.717, 1.165) is 7.11 Å². The van der Waals surface area contributed by atoms with Crippen LogP contribution < -0.4 is 14.6 Å². The predicted molar refractivity (Wildman–Crippen MR) is 53.6 cm³/mol. The smallest absolute Gasteiger partial charge is 0.493 e. The molecule has 18 heavy (non-hydrogen) atoms. The third kappa shape index (κ3) is 3.47. The molecule has 0 radical (unpaired) electrons. The fourth-order valence-electron chi connectivity index (χ4n) is 1.23. The summed E-state index contributed by atoms with van der Waals surface area (Å²) in [7, 11) is -3.12. The van der Waals surface area contributed by atoms with E-state index in [1.807, 2.05) is 0 Å². The van der Waals surface area contributed by atoms with E-state index in [4.69, 9.17) is 9.88 Å². The van der Waals surface area contributed by atoms with Crippen LogP contribution in [0.3, 0.4) is 0 Å². The van der Waals surface area contributed by atoms with Crippen LogP contribution in [-0.2, 0) is 10.0 Å². The first kappa shape index (κ1) is 14.5. The molecule has 0 aromatic carbocycles. The van der Waals surface area contributed by atoms with Gasteiger partial charge in [0, 0.05) is 6.07 Å². The highest BCUT2D eigenvalue weighted by Gasteiger charge is 2.33. The van der Waals surface area contributed by atoms with Gasteiger partial charge in [-0.1, -0.05) is 0 Å². The number of hydrogen-bond donors (Lipinski definition) is 1. The summed E-state index contributed by atoms with van der Waals surface area (Å²) in [6.07, 6.45) is -4.98. The highest BCUT2D eigenvalue weighted by Crippen LogP contribution is 2.31. The quantitative estimate of drug-likeness (QED) is 0.893. The number of nitrogens with two attached hydrogens (primary N) is 1. The first-order valence-corrected chi connectivity index (χ1v) is 5.93. The van der Waals surface area contributed by atoms with Gasteiger partial charge >= 0.3 is 6.36 Å². The van der Waals surface area contributed by atoms with Gasteiger partial charge in [0.05, 0.1) is 12.8 Å². The molecule has 0 saturated carbocycles. The van der Waals surface area contributed by atoms with Crippen LogP contribution in [0.5, 0.6) is 11.6 Å². The predicted octanol–water partition coefficient (Wildman–Crippen LogP) is 0.945. The van der Waals surface area contributed by atoms with Crippen LogP contribution in [0.25, 0.3) is 0 Å². The topological polar surface area (TPSA) is 91.5 Å². The van der Waals surface area contributed by atoms with Crippen LogP contribution in [0.2, 0.25) is 0 Å². The molecule has 0 bridgehead atoms. The summed E-state index contributed by atoms with van der Waals surface area (Å²) in [4.78, 5) is 2.79. The van der Waals surface area contributed by atoms with Gasteiger partial charge in [0.15, 0.2) is 5.75 Å². The third-order valence-electron chi connectivity index (χ3n) is 1.82. The average molecular weight is 286 g/mol. The second kappa shape index (κ2) is 4.61. The van der Waals surface area contributed by atoms with E-state index in [1.54, 1.807) is 0 Å². The fraction of sp³-hybridized carbons (Fsp3) is 0.375. The number of halogens is 3. The Balaban J connectivity index is 3.41. The molecule has 0 aliphatic heterocycles. The number of aromatic nitrogens is 1.